The van der Waals surface area contributed by atoms with Gasteiger partial charge in [0, 0.05) is 11.3 Å². The van der Waals surface area contributed by atoms with E-state index >= 15 is 0 Å². The van der Waals surface area contributed by atoms with Crippen molar-refractivity contribution in [1.29, 1.82) is 0 Å². The third-order valence-corrected chi connectivity index (χ3v) is 3.32. The molecule has 0 radical (unpaired) electrons. The van der Waals surface area contributed by atoms with Crippen LogP contribution in [0, 0.1) is 6.92 Å². The number of halogens is 1. The largest absolute Gasteiger partial charge is 0.272 e. The fourth-order valence-electron chi connectivity index (χ4n) is 1.37. The molecule has 1 aromatic carbocycles. The highest BCUT2D eigenvalue weighted by atomic mass is 35.5. The van der Waals surface area contributed by atoms with Crippen LogP contribution in [0.4, 0.5) is 0 Å². The maximum absolute atomic E-state index is 11.5. The Bertz CT molecular complexity index is 665. The van der Waals surface area contributed by atoms with Crippen LogP contribution in [0.2, 0.25) is 5.02 Å². The standard InChI is InChI=1S/C9H9ClN4O2S/c1-6-3-4-7(10)5-8(6)14-9(11-12-13-14)17(2,15)16/h3-5H,1-2H3. The fraction of sp³-hybridized carbons (Fsp3) is 0.222. The molecule has 0 spiro atoms. The first-order valence-electron chi connectivity index (χ1n) is 4.64. The van der Waals surface area contributed by atoms with Gasteiger partial charge in [0.05, 0.1) is 5.69 Å². The first-order valence-corrected chi connectivity index (χ1v) is 6.91. The van der Waals surface area contributed by atoms with Crippen molar-refractivity contribution >= 4 is 21.4 Å². The lowest BCUT2D eigenvalue weighted by Gasteiger charge is -2.06. The molecule has 6 nitrogen and oxygen atoms in total. The SMILES string of the molecule is Cc1ccc(Cl)cc1-n1nnnc1S(C)(=O)=O. The molecule has 0 aliphatic carbocycles. The zero-order valence-electron chi connectivity index (χ0n) is 9.12. The van der Waals surface area contributed by atoms with Gasteiger partial charge in [0.1, 0.15) is 0 Å². The van der Waals surface area contributed by atoms with Crippen LogP contribution in [-0.2, 0) is 9.84 Å². The molecule has 90 valence electrons. The number of hydrogen-bond donors (Lipinski definition) is 0. The Hall–Kier alpha value is -1.47. The van der Waals surface area contributed by atoms with E-state index in [1.54, 1.807) is 18.2 Å². The van der Waals surface area contributed by atoms with Crippen molar-refractivity contribution in [2.45, 2.75) is 12.1 Å². The molecule has 8 heteroatoms. The van der Waals surface area contributed by atoms with Crippen LogP contribution in [0.25, 0.3) is 5.69 Å². The van der Waals surface area contributed by atoms with Crippen LogP contribution in [-0.4, -0.2) is 34.9 Å². The second-order valence-electron chi connectivity index (χ2n) is 3.58. The number of nitrogens with zero attached hydrogens (tertiary/aromatic N) is 4. The van der Waals surface area contributed by atoms with Gasteiger partial charge in [-0.2, -0.15) is 4.68 Å². The Morgan fingerprint density at radius 1 is 1.35 bits per heavy atom. The summed E-state index contributed by atoms with van der Waals surface area (Å²) in [4.78, 5) is 0. The highest BCUT2D eigenvalue weighted by molar-refractivity contribution is 7.90. The van der Waals surface area contributed by atoms with E-state index in [2.05, 4.69) is 15.5 Å². The molecule has 1 heterocycles. The summed E-state index contributed by atoms with van der Waals surface area (Å²) in [6.45, 7) is 1.82. The second-order valence-corrected chi connectivity index (χ2v) is 5.92. The number of aryl methyl sites for hydroxylation is 1. The molecular formula is C9H9ClN4O2S. The summed E-state index contributed by atoms with van der Waals surface area (Å²) in [5.41, 5.74) is 1.37. The molecule has 0 bridgehead atoms. The van der Waals surface area contributed by atoms with Gasteiger partial charge in [-0.05, 0) is 35.0 Å². The van der Waals surface area contributed by atoms with Gasteiger partial charge in [-0.1, -0.05) is 22.8 Å². The zero-order valence-corrected chi connectivity index (χ0v) is 10.7. The number of tetrazole rings is 1. The van der Waals surface area contributed by atoms with Crippen LogP contribution >= 0.6 is 11.6 Å². The van der Waals surface area contributed by atoms with Crippen molar-refractivity contribution in [1.82, 2.24) is 20.2 Å². The van der Waals surface area contributed by atoms with Crippen LogP contribution < -0.4 is 0 Å². The lowest BCUT2D eigenvalue weighted by atomic mass is 10.2. The number of sulfone groups is 1. The van der Waals surface area contributed by atoms with E-state index in [4.69, 9.17) is 11.6 Å². The molecular weight excluding hydrogens is 264 g/mol. The van der Waals surface area contributed by atoms with Crippen molar-refractivity contribution in [3.8, 4) is 5.69 Å². The average Bonchev–Trinajstić information content (AvgIpc) is 2.69. The number of benzene rings is 1. The fourth-order valence-corrected chi connectivity index (χ4v) is 2.17. The Kier molecular flexibility index (Phi) is 2.88. The minimum absolute atomic E-state index is 0.206. The lowest BCUT2D eigenvalue weighted by molar-refractivity contribution is 0.586. The van der Waals surface area contributed by atoms with Crippen LogP contribution in [0.3, 0.4) is 0 Å². The molecule has 0 unspecified atom stereocenters. The van der Waals surface area contributed by atoms with Crippen molar-refractivity contribution in [2.24, 2.45) is 0 Å². The van der Waals surface area contributed by atoms with Crippen molar-refractivity contribution in [2.75, 3.05) is 6.26 Å². The number of rotatable bonds is 2. The molecule has 0 aliphatic heterocycles. The molecule has 0 saturated heterocycles. The van der Waals surface area contributed by atoms with Crippen LogP contribution in [0.15, 0.2) is 23.4 Å². The van der Waals surface area contributed by atoms with Crippen LogP contribution in [0.5, 0.6) is 0 Å². The van der Waals surface area contributed by atoms with Crippen molar-refractivity contribution < 1.29 is 8.42 Å². The Morgan fingerprint density at radius 3 is 2.71 bits per heavy atom. The summed E-state index contributed by atoms with van der Waals surface area (Å²) in [5, 5.41) is 10.8. The molecule has 0 atom stereocenters. The first-order chi connectivity index (χ1) is 7.89. The minimum atomic E-state index is -3.48. The van der Waals surface area contributed by atoms with Gasteiger partial charge in [-0.15, -0.1) is 0 Å². The number of aromatic nitrogens is 4. The van der Waals surface area contributed by atoms with Crippen molar-refractivity contribution in [3.05, 3.63) is 28.8 Å². The summed E-state index contributed by atoms with van der Waals surface area (Å²) < 4.78 is 24.1. The van der Waals surface area contributed by atoms with E-state index in [1.165, 1.54) is 0 Å². The molecule has 2 rings (SSSR count). The van der Waals surface area contributed by atoms with E-state index in [0.29, 0.717) is 10.7 Å². The Morgan fingerprint density at radius 2 is 2.06 bits per heavy atom. The van der Waals surface area contributed by atoms with E-state index in [1.807, 2.05) is 6.92 Å². The van der Waals surface area contributed by atoms with Gasteiger partial charge in [-0.25, -0.2) is 8.42 Å². The van der Waals surface area contributed by atoms with Gasteiger partial charge in [0.15, 0.2) is 0 Å². The van der Waals surface area contributed by atoms with Crippen molar-refractivity contribution in [3.63, 3.8) is 0 Å². The van der Waals surface area contributed by atoms with E-state index in [-0.39, 0.29) is 5.16 Å². The molecule has 1 aromatic heterocycles. The normalized spacial score (nSPS) is 11.7. The summed E-state index contributed by atoms with van der Waals surface area (Å²) in [5.74, 6) is 0. The molecule has 0 N–H and O–H groups in total. The number of hydrogen-bond acceptors (Lipinski definition) is 5. The molecule has 0 amide bonds. The zero-order chi connectivity index (χ0) is 12.6. The van der Waals surface area contributed by atoms with Gasteiger partial charge in [-0.3, -0.25) is 0 Å². The van der Waals surface area contributed by atoms with Crippen LogP contribution in [0.1, 0.15) is 5.56 Å². The molecule has 0 aliphatic rings. The summed E-state index contributed by atoms with van der Waals surface area (Å²) in [6.07, 6.45) is 1.05. The summed E-state index contributed by atoms with van der Waals surface area (Å²) >= 11 is 5.87. The smallest absolute Gasteiger partial charge is 0.221 e. The third-order valence-electron chi connectivity index (χ3n) is 2.17. The maximum atomic E-state index is 11.5. The summed E-state index contributed by atoms with van der Waals surface area (Å²) in [7, 11) is -3.48. The molecule has 0 saturated carbocycles. The Labute approximate surface area is 103 Å². The van der Waals surface area contributed by atoms with Gasteiger partial charge in [0.2, 0.25) is 9.84 Å². The third kappa shape index (κ3) is 2.29. The summed E-state index contributed by atoms with van der Waals surface area (Å²) in [6, 6.07) is 5.10. The van der Waals surface area contributed by atoms with Gasteiger partial charge >= 0.3 is 0 Å². The predicted octanol–water partition coefficient (Wildman–Crippen LogP) is 1.03. The van der Waals surface area contributed by atoms with Gasteiger partial charge in [0.25, 0.3) is 5.16 Å². The highest BCUT2D eigenvalue weighted by Crippen LogP contribution is 2.20. The second kappa shape index (κ2) is 4.08. The minimum Gasteiger partial charge on any atom is -0.221 e. The monoisotopic (exact) mass is 272 g/mol. The van der Waals surface area contributed by atoms with E-state index < -0.39 is 9.84 Å². The predicted molar refractivity (Wildman–Crippen MR) is 62.0 cm³/mol. The topological polar surface area (TPSA) is 77.7 Å². The first kappa shape index (κ1) is 12.0. The highest BCUT2D eigenvalue weighted by Gasteiger charge is 2.19. The van der Waals surface area contributed by atoms with E-state index in [0.717, 1.165) is 16.5 Å². The molecule has 17 heavy (non-hydrogen) atoms. The molecule has 2 aromatic rings. The average molecular weight is 273 g/mol. The quantitative estimate of drug-likeness (QED) is 0.816. The maximum Gasteiger partial charge on any atom is 0.272 e. The molecule has 0 fully saturated rings. The van der Waals surface area contributed by atoms with Gasteiger partial charge < -0.3 is 0 Å². The lowest BCUT2D eigenvalue weighted by Crippen LogP contribution is -2.10. The Balaban J connectivity index is 2.70. The van der Waals surface area contributed by atoms with E-state index in [9.17, 15) is 8.42 Å².